The Kier molecular flexibility index (Phi) is 7.73. The van der Waals surface area contributed by atoms with E-state index in [0.29, 0.717) is 19.0 Å². The summed E-state index contributed by atoms with van der Waals surface area (Å²) in [7, 11) is 0. The largest absolute Gasteiger partial charge is 0.354 e. The van der Waals surface area contributed by atoms with E-state index in [4.69, 9.17) is 0 Å². The van der Waals surface area contributed by atoms with Gasteiger partial charge in [0, 0.05) is 13.1 Å². The molecule has 1 N–H and O–H groups in total. The second-order valence-electron chi connectivity index (χ2n) is 7.63. The molecule has 0 aliphatic rings. The van der Waals surface area contributed by atoms with Gasteiger partial charge in [-0.05, 0) is 43.0 Å². The number of amides is 2. The number of nitrogens with one attached hydrogen (secondary N) is 1. The third-order valence-corrected chi connectivity index (χ3v) is 4.56. The van der Waals surface area contributed by atoms with E-state index in [9.17, 15) is 14.0 Å². The first-order chi connectivity index (χ1) is 13.3. The fraction of sp³-hybridized carbons (Fsp3) is 0.391. The van der Waals surface area contributed by atoms with E-state index in [2.05, 4.69) is 5.32 Å². The lowest BCUT2D eigenvalue weighted by molar-refractivity contribution is -0.140. The number of hydrogen-bond donors (Lipinski definition) is 1. The number of hydrogen-bond acceptors (Lipinski definition) is 2. The molecule has 4 nitrogen and oxygen atoms in total. The van der Waals surface area contributed by atoms with Crippen LogP contribution in [-0.2, 0) is 22.6 Å². The number of rotatable bonds is 8. The normalized spacial score (nSPS) is 11.9. The van der Waals surface area contributed by atoms with Crippen LogP contribution in [0.25, 0.3) is 0 Å². The van der Waals surface area contributed by atoms with Gasteiger partial charge in [-0.15, -0.1) is 0 Å². The Morgan fingerprint density at radius 2 is 1.71 bits per heavy atom. The van der Waals surface area contributed by atoms with Crippen LogP contribution in [-0.4, -0.2) is 29.3 Å². The van der Waals surface area contributed by atoms with E-state index in [1.165, 1.54) is 12.1 Å². The van der Waals surface area contributed by atoms with E-state index in [1.807, 2.05) is 45.0 Å². The highest BCUT2D eigenvalue weighted by Gasteiger charge is 2.26. The monoisotopic (exact) mass is 384 g/mol. The number of nitrogens with zero attached hydrogens (tertiary/aromatic N) is 1. The van der Waals surface area contributed by atoms with Gasteiger partial charge in [-0.2, -0.15) is 0 Å². The highest BCUT2D eigenvalue weighted by molar-refractivity contribution is 5.88. The maximum atomic E-state index is 13.1. The summed E-state index contributed by atoms with van der Waals surface area (Å²) in [5, 5.41) is 2.90. The Hall–Kier alpha value is -2.69. The summed E-state index contributed by atoms with van der Waals surface area (Å²) in [6.07, 6.45) is 0.119. The van der Waals surface area contributed by atoms with Gasteiger partial charge in [0.1, 0.15) is 11.9 Å². The second-order valence-corrected chi connectivity index (χ2v) is 7.63. The Bertz CT molecular complexity index is 803. The zero-order valence-corrected chi connectivity index (χ0v) is 17.0. The second kappa shape index (κ2) is 10.0. The molecule has 0 aromatic heterocycles. The molecule has 2 aromatic rings. The molecule has 0 radical (unpaired) electrons. The Balaban J connectivity index is 2.19. The van der Waals surface area contributed by atoms with E-state index in [0.717, 1.165) is 16.7 Å². The van der Waals surface area contributed by atoms with E-state index in [1.54, 1.807) is 24.0 Å². The number of carbonyl (C=O) groups excluding carboxylic acids is 2. The first-order valence-electron chi connectivity index (χ1n) is 9.63. The molecule has 0 aliphatic carbocycles. The van der Waals surface area contributed by atoms with E-state index >= 15 is 0 Å². The maximum absolute atomic E-state index is 13.1. The molecule has 0 spiro atoms. The smallest absolute Gasteiger partial charge is 0.242 e. The third kappa shape index (κ3) is 6.48. The van der Waals surface area contributed by atoms with Crippen LogP contribution in [0.2, 0.25) is 0 Å². The molecule has 1 atom stereocenters. The number of carbonyl (C=O) groups is 2. The fourth-order valence-electron chi connectivity index (χ4n) is 2.92. The Morgan fingerprint density at radius 3 is 2.32 bits per heavy atom. The van der Waals surface area contributed by atoms with Gasteiger partial charge in [0.15, 0.2) is 0 Å². The maximum Gasteiger partial charge on any atom is 0.242 e. The number of halogens is 1. The van der Waals surface area contributed by atoms with Crippen LogP contribution >= 0.6 is 0 Å². The van der Waals surface area contributed by atoms with Gasteiger partial charge in [0.2, 0.25) is 11.8 Å². The standard InChI is InChI=1S/C23H29FN2O2/c1-16(2)14-25-23(28)18(4)26(15-20-7-5-6-17(3)12-20)22(27)13-19-8-10-21(24)11-9-19/h5-12,16,18H,13-15H2,1-4H3,(H,25,28)/t18-/m0/s1. The Morgan fingerprint density at radius 1 is 1.04 bits per heavy atom. The van der Waals surface area contributed by atoms with Crippen LogP contribution < -0.4 is 5.32 Å². The molecule has 2 rings (SSSR count). The molecule has 5 heteroatoms. The molecular weight excluding hydrogens is 355 g/mol. The zero-order chi connectivity index (χ0) is 20.7. The van der Waals surface area contributed by atoms with Crippen molar-refractivity contribution in [3.63, 3.8) is 0 Å². The molecule has 0 heterocycles. The molecule has 28 heavy (non-hydrogen) atoms. The first kappa shape index (κ1) is 21.6. The lowest BCUT2D eigenvalue weighted by Gasteiger charge is -2.29. The van der Waals surface area contributed by atoms with Crippen LogP contribution in [0.1, 0.15) is 37.5 Å². The summed E-state index contributed by atoms with van der Waals surface area (Å²) in [6, 6.07) is 13.2. The van der Waals surface area contributed by atoms with Crippen LogP contribution in [0, 0.1) is 18.7 Å². The van der Waals surface area contributed by atoms with Gasteiger partial charge >= 0.3 is 0 Å². The molecular formula is C23H29FN2O2. The van der Waals surface area contributed by atoms with Crippen molar-refractivity contribution < 1.29 is 14.0 Å². The predicted molar refractivity (Wildman–Crippen MR) is 109 cm³/mol. The van der Waals surface area contributed by atoms with E-state index < -0.39 is 6.04 Å². The highest BCUT2D eigenvalue weighted by Crippen LogP contribution is 2.14. The molecule has 0 unspecified atom stereocenters. The Labute approximate surface area is 166 Å². The first-order valence-corrected chi connectivity index (χ1v) is 9.63. The van der Waals surface area contributed by atoms with Gasteiger partial charge in [0.25, 0.3) is 0 Å². The average Bonchev–Trinajstić information content (AvgIpc) is 2.65. The van der Waals surface area contributed by atoms with Crippen LogP contribution in [0.15, 0.2) is 48.5 Å². The van der Waals surface area contributed by atoms with Crippen molar-refractivity contribution in [3.05, 3.63) is 71.0 Å². The van der Waals surface area contributed by atoms with Gasteiger partial charge < -0.3 is 10.2 Å². The lowest BCUT2D eigenvalue weighted by Crippen LogP contribution is -2.48. The summed E-state index contributed by atoms with van der Waals surface area (Å²) in [4.78, 5) is 27.2. The van der Waals surface area contributed by atoms with Crippen molar-refractivity contribution in [3.8, 4) is 0 Å². The minimum absolute atomic E-state index is 0.119. The molecule has 0 fully saturated rings. The molecule has 0 bridgehead atoms. The quantitative estimate of drug-likeness (QED) is 0.751. The molecule has 2 aromatic carbocycles. The van der Waals surface area contributed by atoms with Gasteiger partial charge in [-0.25, -0.2) is 4.39 Å². The minimum atomic E-state index is -0.604. The SMILES string of the molecule is Cc1cccc(CN(C(=O)Cc2ccc(F)cc2)[C@@H](C)C(=O)NCC(C)C)c1. The predicted octanol–water partition coefficient (Wildman–Crippen LogP) is 3.87. The summed E-state index contributed by atoms with van der Waals surface area (Å²) in [5.74, 6) is -0.348. The third-order valence-electron chi connectivity index (χ3n) is 4.56. The molecule has 0 saturated heterocycles. The lowest BCUT2D eigenvalue weighted by atomic mass is 10.1. The average molecular weight is 384 g/mol. The zero-order valence-electron chi connectivity index (χ0n) is 17.0. The topological polar surface area (TPSA) is 49.4 Å². The summed E-state index contributed by atoms with van der Waals surface area (Å²) in [5.41, 5.74) is 2.78. The van der Waals surface area contributed by atoms with Crippen molar-refractivity contribution in [2.75, 3.05) is 6.54 Å². The van der Waals surface area contributed by atoms with Crippen LogP contribution in [0.4, 0.5) is 4.39 Å². The van der Waals surface area contributed by atoms with Crippen molar-refractivity contribution >= 4 is 11.8 Å². The van der Waals surface area contributed by atoms with Crippen molar-refractivity contribution in [1.82, 2.24) is 10.2 Å². The van der Waals surface area contributed by atoms with Crippen molar-refractivity contribution in [2.24, 2.45) is 5.92 Å². The number of benzene rings is 2. The van der Waals surface area contributed by atoms with E-state index in [-0.39, 0.29) is 24.1 Å². The molecule has 2 amide bonds. The molecule has 150 valence electrons. The summed E-state index contributed by atoms with van der Waals surface area (Å²) in [6.45, 7) is 8.69. The minimum Gasteiger partial charge on any atom is -0.354 e. The van der Waals surface area contributed by atoms with Crippen LogP contribution in [0.5, 0.6) is 0 Å². The van der Waals surface area contributed by atoms with Gasteiger partial charge in [0.05, 0.1) is 6.42 Å². The highest BCUT2D eigenvalue weighted by atomic mass is 19.1. The van der Waals surface area contributed by atoms with Gasteiger partial charge in [-0.3, -0.25) is 9.59 Å². The van der Waals surface area contributed by atoms with Crippen LogP contribution in [0.3, 0.4) is 0 Å². The molecule has 0 saturated carbocycles. The fourth-order valence-corrected chi connectivity index (χ4v) is 2.92. The summed E-state index contributed by atoms with van der Waals surface area (Å²) < 4.78 is 13.1. The molecule has 0 aliphatic heterocycles. The summed E-state index contributed by atoms with van der Waals surface area (Å²) >= 11 is 0. The van der Waals surface area contributed by atoms with Gasteiger partial charge in [-0.1, -0.05) is 55.8 Å². The van der Waals surface area contributed by atoms with Crippen molar-refractivity contribution in [1.29, 1.82) is 0 Å². The number of aryl methyl sites for hydroxylation is 1. The van der Waals surface area contributed by atoms with Crippen molar-refractivity contribution in [2.45, 2.75) is 46.7 Å².